The van der Waals surface area contributed by atoms with Gasteiger partial charge in [0.25, 0.3) is 0 Å². The van der Waals surface area contributed by atoms with E-state index in [-0.39, 0.29) is 12.4 Å². The number of benzene rings is 2. The van der Waals surface area contributed by atoms with Crippen LogP contribution in [0.5, 0.6) is 0 Å². The zero-order chi connectivity index (χ0) is 20.9. The molecule has 1 N–H and O–H groups in total. The van der Waals surface area contributed by atoms with Gasteiger partial charge >= 0.3 is 0 Å². The number of hydrogen-bond donors (Lipinski definition) is 1. The summed E-state index contributed by atoms with van der Waals surface area (Å²) >= 11 is 0. The van der Waals surface area contributed by atoms with Gasteiger partial charge in [-0.15, -0.1) is 12.4 Å². The largest absolute Gasteiger partial charge is 0.380 e. The van der Waals surface area contributed by atoms with E-state index in [0.29, 0.717) is 18.7 Å². The van der Waals surface area contributed by atoms with Gasteiger partial charge < -0.3 is 19.9 Å². The van der Waals surface area contributed by atoms with E-state index in [1.807, 2.05) is 0 Å². The molecule has 2 aromatic carbocycles. The molecule has 31 heavy (non-hydrogen) atoms. The van der Waals surface area contributed by atoms with Crippen molar-refractivity contribution in [1.82, 2.24) is 10.2 Å². The van der Waals surface area contributed by atoms with Gasteiger partial charge in [-0.05, 0) is 37.6 Å². The predicted octanol–water partition coefficient (Wildman–Crippen LogP) is 3.76. The zero-order valence-corrected chi connectivity index (χ0v) is 19.9. The molecule has 4 rings (SSSR count). The van der Waals surface area contributed by atoms with Gasteiger partial charge in [-0.3, -0.25) is 4.90 Å². The van der Waals surface area contributed by atoms with Crippen molar-refractivity contribution in [3.63, 3.8) is 0 Å². The van der Waals surface area contributed by atoms with Gasteiger partial charge in [-0.2, -0.15) is 0 Å². The number of nitrogens with zero attached hydrogens (tertiary/aromatic N) is 3. The molecule has 0 aliphatic carbocycles. The minimum Gasteiger partial charge on any atom is -0.380 e. The lowest BCUT2D eigenvalue weighted by Gasteiger charge is -2.42. The highest BCUT2D eigenvalue weighted by atomic mass is 35.5. The number of methoxy groups -OCH3 is 1. The third-order valence-electron chi connectivity index (χ3n) is 6.53. The maximum atomic E-state index is 5.59. The molecule has 2 atom stereocenters. The second-order valence-electron chi connectivity index (χ2n) is 8.74. The summed E-state index contributed by atoms with van der Waals surface area (Å²) in [4.78, 5) is 7.66. The highest BCUT2D eigenvalue weighted by molar-refractivity contribution is 5.85. The first kappa shape index (κ1) is 23.9. The van der Waals surface area contributed by atoms with Crippen LogP contribution < -0.4 is 15.1 Å². The molecule has 0 amide bonds. The molecule has 170 valence electrons. The molecule has 2 aromatic rings. The molecule has 0 aromatic heterocycles. The molecule has 0 radical (unpaired) electrons. The summed E-state index contributed by atoms with van der Waals surface area (Å²) < 4.78 is 5.59. The van der Waals surface area contributed by atoms with Crippen molar-refractivity contribution in [2.24, 2.45) is 0 Å². The van der Waals surface area contributed by atoms with E-state index >= 15 is 0 Å². The van der Waals surface area contributed by atoms with Crippen molar-refractivity contribution in [3.8, 4) is 0 Å². The van der Waals surface area contributed by atoms with E-state index in [1.54, 1.807) is 7.11 Å². The zero-order valence-electron chi connectivity index (χ0n) is 19.1. The van der Waals surface area contributed by atoms with Crippen LogP contribution in [0.3, 0.4) is 0 Å². The molecule has 6 heteroatoms. The van der Waals surface area contributed by atoms with Crippen LogP contribution in [0.4, 0.5) is 11.4 Å². The number of halogens is 1. The van der Waals surface area contributed by atoms with Crippen LogP contribution >= 0.6 is 12.4 Å². The van der Waals surface area contributed by atoms with Gasteiger partial charge in [0.1, 0.15) is 0 Å². The number of rotatable bonds is 6. The Morgan fingerprint density at radius 1 is 1.00 bits per heavy atom. The molecule has 2 aliphatic rings. The van der Waals surface area contributed by atoms with Crippen LogP contribution in [0.1, 0.15) is 25.0 Å². The van der Waals surface area contributed by atoms with Crippen LogP contribution in [-0.4, -0.2) is 63.4 Å². The van der Waals surface area contributed by atoms with E-state index < -0.39 is 0 Å². The number of ether oxygens (including phenoxy) is 1. The molecule has 0 saturated carbocycles. The predicted molar refractivity (Wildman–Crippen MR) is 133 cm³/mol. The average molecular weight is 445 g/mol. The van der Waals surface area contributed by atoms with E-state index in [0.717, 1.165) is 45.8 Å². The lowest BCUT2D eigenvalue weighted by atomic mass is 10.1. The van der Waals surface area contributed by atoms with Crippen LogP contribution in [0.15, 0.2) is 48.5 Å². The van der Waals surface area contributed by atoms with Gasteiger partial charge in [0.15, 0.2) is 0 Å². The summed E-state index contributed by atoms with van der Waals surface area (Å²) in [6, 6.07) is 18.8. The van der Waals surface area contributed by atoms with Crippen LogP contribution in [0.2, 0.25) is 0 Å². The number of anilines is 2. The molecular weight excluding hydrogens is 408 g/mol. The molecule has 0 unspecified atom stereocenters. The summed E-state index contributed by atoms with van der Waals surface area (Å²) in [6.45, 7) is 12.7. The molecule has 2 saturated heterocycles. The van der Waals surface area contributed by atoms with Crippen molar-refractivity contribution < 1.29 is 4.74 Å². The third-order valence-corrected chi connectivity index (χ3v) is 6.53. The summed E-state index contributed by atoms with van der Waals surface area (Å²) in [5, 5.41) is 3.48. The van der Waals surface area contributed by atoms with Crippen LogP contribution in [0.25, 0.3) is 0 Å². The van der Waals surface area contributed by atoms with Gasteiger partial charge in [-0.1, -0.05) is 30.3 Å². The average Bonchev–Trinajstić information content (AvgIpc) is 2.76. The Kier molecular flexibility index (Phi) is 8.61. The Balaban J connectivity index is 0.00000272. The lowest BCUT2D eigenvalue weighted by Crippen LogP contribution is -2.51. The van der Waals surface area contributed by atoms with Crippen molar-refractivity contribution in [2.75, 3.05) is 56.2 Å². The monoisotopic (exact) mass is 444 g/mol. The van der Waals surface area contributed by atoms with Gasteiger partial charge in [0.05, 0.1) is 6.61 Å². The van der Waals surface area contributed by atoms with Gasteiger partial charge in [0.2, 0.25) is 0 Å². The summed E-state index contributed by atoms with van der Waals surface area (Å²) in [5.41, 5.74) is 5.34. The number of piperazine rings is 2. The second-order valence-corrected chi connectivity index (χ2v) is 8.74. The van der Waals surface area contributed by atoms with Crippen molar-refractivity contribution in [1.29, 1.82) is 0 Å². The quantitative estimate of drug-likeness (QED) is 0.733. The summed E-state index contributed by atoms with van der Waals surface area (Å²) in [7, 11) is 1.80. The standard InChI is InChI=1S/C25H36N4O.ClH/c1-20-16-26-11-12-29(20)24-9-10-25(23(15-24)19-30-3)28-14-13-27(21(2)17-28)18-22-7-5-4-6-8-22;/h4-10,15,20-21,26H,11-14,16-19H2,1-3H3;1H/t20-,21+;/m0./s1. The molecule has 2 heterocycles. The Morgan fingerprint density at radius 3 is 2.52 bits per heavy atom. The maximum Gasteiger partial charge on any atom is 0.0734 e. The Morgan fingerprint density at radius 2 is 1.81 bits per heavy atom. The highest BCUT2D eigenvalue weighted by Gasteiger charge is 2.26. The van der Waals surface area contributed by atoms with Crippen molar-refractivity contribution in [2.45, 2.75) is 39.1 Å². The molecule has 0 spiro atoms. The number of nitrogens with one attached hydrogen (secondary N) is 1. The van der Waals surface area contributed by atoms with E-state index in [4.69, 9.17) is 4.74 Å². The molecule has 0 bridgehead atoms. The Labute approximate surface area is 193 Å². The van der Waals surface area contributed by atoms with E-state index in [9.17, 15) is 0 Å². The van der Waals surface area contributed by atoms with Crippen molar-refractivity contribution >= 4 is 23.8 Å². The molecule has 2 aliphatic heterocycles. The van der Waals surface area contributed by atoms with E-state index in [2.05, 4.69) is 82.4 Å². The van der Waals surface area contributed by atoms with Crippen molar-refractivity contribution in [3.05, 3.63) is 59.7 Å². The molecule has 5 nitrogen and oxygen atoms in total. The van der Waals surface area contributed by atoms with Gasteiger partial charge in [0, 0.05) is 81.9 Å². The SMILES string of the molecule is COCc1cc(N2CCNC[C@@H]2C)ccc1N1CCN(Cc2ccccc2)[C@H](C)C1.Cl. The second kappa shape index (κ2) is 11.2. The highest BCUT2D eigenvalue weighted by Crippen LogP contribution is 2.30. The minimum atomic E-state index is 0. The first-order valence-corrected chi connectivity index (χ1v) is 11.3. The Bertz CT molecular complexity index is 818. The fourth-order valence-electron chi connectivity index (χ4n) is 4.82. The first-order valence-electron chi connectivity index (χ1n) is 11.3. The lowest BCUT2D eigenvalue weighted by molar-refractivity contribution is 0.177. The summed E-state index contributed by atoms with van der Waals surface area (Å²) in [5.74, 6) is 0. The third kappa shape index (κ3) is 5.72. The topological polar surface area (TPSA) is 31.0 Å². The maximum absolute atomic E-state index is 5.59. The smallest absolute Gasteiger partial charge is 0.0734 e. The molecule has 2 fully saturated rings. The fraction of sp³-hybridized carbons (Fsp3) is 0.520. The van der Waals surface area contributed by atoms with E-state index in [1.165, 1.54) is 22.5 Å². The van der Waals surface area contributed by atoms with Gasteiger partial charge in [-0.25, -0.2) is 0 Å². The number of hydrogen-bond acceptors (Lipinski definition) is 5. The minimum absolute atomic E-state index is 0. The first-order chi connectivity index (χ1) is 14.7. The fourth-order valence-corrected chi connectivity index (χ4v) is 4.82. The van der Waals surface area contributed by atoms with Crippen LogP contribution in [-0.2, 0) is 17.9 Å². The Hall–Kier alpha value is -1.79. The van der Waals surface area contributed by atoms with Crippen LogP contribution in [0, 0.1) is 0 Å². The summed E-state index contributed by atoms with van der Waals surface area (Å²) in [6.07, 6.45) is 0. The molecular formula is C25H37ClN4O. The normalized spacial score (nSPS) is 22.3.